The van der Waals surface area contributed by atoms with Gasteiger partial charge in [0.05, 0.1) is 11.7 Å². The molecule has 3 aromatic rings. The molecule has 0 aliphatic heterocycles. The third kappa shape index (κ3) is 1.87. The van der Waals surface area contributed by atoms with Gasteiger partial charge in [-0.1, -0.05) is 18.2 Å². The second-order valence-corrected chi connectivity index (χ2v) is 4.91. The molecule has 0 saturated heterocycles. The topological polar surface area (TPSA) is 75.0 Å². The van der Waals surface area contributed by atoms with Crippen molar-refractivity contribution in [2.75, 3.05) is 0 Å². The number of carbonyl (C=O) groups is 1. The molecule has 102 valence electrons. The summed E-state index contributed by atoms with van der Waals surface area (Å²) in [6, 6.07) is 7.38. The van der Waals surface area contributed by atoms with Crippen LogP contribution in [-0.2, 0) is 4.74 Å². The Hall–Kier alpha value is -2.56. The Kier molecular flexibility index (Phi) is 2.82. The molecule has 2 heterocycles. The Labute approximate surface area is 114 Å². The second kappa shape index (κ2) is 4.52. The number of rotatable bonds is 2. The lowest BCUT2D eigenvalue weighted by Crippen LogP contribution is -2.12. The van der Waals surface area contributed by atoms with Gasteiger partial charge in [-0.3, -0.25) is 4.79 Å². The highest BCUT2D eigenvalue weighted by molar-refractivity contribution is 6.14. The molecule has 0 amide bonds. The summed E-state index contributed by atoms with van der Waals surface area (Å²) in [6.45, 7) is 3.58. The van der Waals surface area contributed by atoms with Gasteiger partial charge < -0.3 is 14.7 Å². The molecule has 0 aliphatic rings. The molecule has 0 fully saturated rings. The Morgan fingerprint density at radius 1 is 1.25 bits per heavy atom. The van der Waals surface area contributed by atoms with Gasteiger partial charge in [0.2, 0.25) is 0 Å². The fourth-order valence-electron chi connectivity index (χ4n) is 2.32. The van der Waals surface area contributed by atoms with Crippen molar-refractivity contribution >= 4 is 27.8 Å². The lowest BCUT2D eigenvalue weighted by molar-refractivity contribution is 0.0380. The predicted octanol–water partition coefficient (Wildman–Crippen LogP) is 2.57. The molecule has 2 N–H and O–H groups in total. The number of pyridine rings is 1. The molecule has 2 aromatic heterocycles. The standard InChI is InChI=1S/C15H14N2O3/c1-8(2)20-15(19)10-7-16-13-12(10)9-5-3-4-6-11(9)17-14(13)18/h3-8,16H,1-2H3,(H,17,18). The maximum atomic E-state index is 12.1. The van der Waals surface area contributed by atoms with E-state index in [1.807, 2.05) is 18.2 Å². The van der Waals surface area contributed by atoms with Gasteiger partial charge in [-0.15, -0.1) is 0 Å². The third-order valence-electron chi connectivity index (χ3n) is 3.11. The van der Waals surface area contributed by atoms with Gasteiger partial charge in [-0.05, 0) is 19.9 Å². The van der Waals surface area contributed by atoms with Crippen molar-refractivity contribution in [3.8, 4) is 0 Å². The summed E-state index contributed by atoms with van der Waals surface area (Å²) >= 11 is 0. The predicted molar refractivity (Wildman–Crippen MR) is 77.0 cm³/mol. The summed E-state index contributed by atoms with van der Waals surface area (Å²) in [5.74, 6) is -0.429. The van der Waals surface area contributed by atoms with E-state index in [0.29, 0.717) is 22.0 Å². The monoisotopic (exact) mass is 270 g/mol. The molecule has 0 radical (unpaired) electrons. The number of fused-ring (bicyclic) bond motifs is 3. The number of carbonyl (C=O) groups excluding carboxylic acids is 1. The molecule has 0 saturated carbocycles. The van der Waals surface area contributed by atoms with E-state index in [9.17, 15) is 9.59 Å². The molecule has 0 aliphatic carbocycles. The minimum Gasteiger partial charge on any atom is -0.459 e. The van der Waals surface area contributed by atoms with Crippen LogP contribution in [0.15, 0.2) is 35.3 Å². The summed E-state index contributed by atoms with van der Waals surface area (Å²) in [5.41, 5.74) is 1.22. The SMILES string of the molecule is CC(C)OC(=O)c1c[nH]c2c(=O)[nH]c3ccccc3c12. The highest BCUT2D eigenvalue weighted by Crippen LogP contribution is 2.25. The third-order valence-corrected chi connectivity index (χ3v) is 3.11. The molecular weight excluding hydrogens is 256 g/mol. The zero-order chi connectivity index (χ0) is 14.3. The van der Waals surface area contributed by atoms with E-state index in [0.717, 1.165) is 5.39 Å². The smallest absolute Gasteiger partial charge is 0.340 e. The number of ether oxygens (including phenoxy) is 1. The highest BCUT2D eigenvalue weighted by Gasteiger charge is 2.18. The fraction of sp³-hybridized carbons (Fsp3) is 0.200. The van der Waals surface area contributed by atoms with Crippen molar-refractivity contribution in [2.24, 2.45) is 0 Å². The van der Waals surface area contributed by atoms with Crippen LogP contribution >= 0.6 is 0 Å². The molecule has 5 nitrogen and oxygen atoms in total. The van der Waals surface area contributed by atoms with Crippen molar-refractivity contribution in [2.45, 2.75) is 20.0 Å². The Morgan fingerprint density at radius 2 is 2.00 bits per heavy atom. The first-order chi connectivity index (χ1) is 9.58. The van der Waals surface area contributed by atoms with E-state index in [1.165, 1.54) is 6.20 Å². The van der Waals surface area contributed by atoms with Crippen LogP contribution in [0.2, 0.25) is 0 Å². The molecular formula is C15H14N2O3. The van der Waals surface area contributed by atoms with E-state index in [4.69, 9.17) is 4.74 Å². The maximum absolute atomic E-state index is 12.1. The summed E-state index contributed by atoms with van der Waals surface area (Å²) in [5, 5.41) is 1.43. The Balaban J connectivity index is 2.35. The molecule has 0 bridgehead atoms. The number of esters is 1. The van der Waals surface area contributed by atoms with Gasteiger partial charge in [0, 0.05) is 22.5 Å². The van der Waals surface area contributed by atoms with Crippen LogP contribution in [0, 0.1) is 0 Å². The zero-order valence-corrected chi connectivity index (χ0v) is 11.2. The molecule has 0 atom stereocenters. The molecule has 20 heavy (non-hydrogen) atoms. The summed E-state index contributed by atoms with van der Waals surface area (Å²) in [4.78, 5) is 29.8. The van der Waals surface area contributed by atoms with E-state index < -0.39 is 5.97 Å². The average Bonchev–Trinajstić information content (AvgIpc) is 2.83. The number of nitrogens with one attached hydrogen (secondary N) is 2. The highest BCUT2D eigenvalue weighted by atomic mass is 16.5. The molecule has 1 aromatic carbocycles. The van der Waals surface area contributed by atoms with Crippen LogP contribution in [0.4, 0.5) is 0 Å². The first kappa shape index (κ1) is 12.5. The normalized spacial score (nSPS) is 11.3. The van der Waals surface area contributed by atoms with E-state index >= 15 is 0 Å². The second-order valence-electron chi connectivity index (χ2n) is 4.91. The van der Waals surface area contributed by atoms with E-state index in [1.54, 1.807) is 19.9 Å². The van der Waals surface area contributed by atoms with E-state index in [-0.39, 0.29) is 11.7 Å². The first-order valence-corrected chi connectivity index (χ1v) is 6.41. The van der Waals surface area contributed by atoms with Gasteiger partial charge in [-0.2, -0.15) is 0 Å². The van der Waals surface area contributed by atoms with Crippen LogP contribution < -0.4 is 5.56 Å². The summed E-state index contributed by atoms with van der Waals surface area (Å²) in [6.07, 6.45) is 1.32. The molecule has 3 rings (SSSR count). The lowest BCUT2D eigenvalue weighted by Gasteiger charge is -2.07. The number of aromatic nitrogens is 2. The average molecular weight is 270 g/mol. The Morgan fingerprint density at radius 3 is 2.75 bits per heavy atom. The summed E-state index contributed by atoms with van der Waals surface area (Å²) < 4.78 is 5.22. The number of para-hydroxylation sites is 1. The van der Waals surface area contributed by atoms with Crippen LogP contribution in [-0.4, -0.2) is 22.0 Å². The zero-order valence-electron chi connectivity index (χ0n) is 11.2. The van der Waals surface area contributed by atoms with Crippen LogP contribution in [0.5, 0.6) is 0 Å². The minimum absolute atomic E-state index is 0.208. The van der Waals surface area contributed by atoms with Crippen molar-refractivity contribution in [1.29, 1.82) is 0 Å². The number of hydrogen-bond donors (Lipinski definition) is 2. The maximum Gasteiger partial charge on any atom is 0.340 e. The van der Waals surface area contributed by atoms with Crippen molar-refractivity contribution < 1.29 is 9.53 Å². The van der Waals surface area contributed by atoms with Gasteiger partial charge in [-0.25, -0.2) is 4.79 Å². The fourth-order valence-corrected chi connectivity index (χ4v) is 2.32. The minimum atomic E-state index is -0.429. The van der Waals surface area contributed by atoms with Crippen molar-refractivity contribution in [1.82, 2.24) is 9.97 Å². The van der Waals surface area contributed by atoms with Gasteiger partial charge in [0.25, 0.3) is 5.56 Å². The van der Waals surface area contributed by atoms with Crippen LogP contribution in [0.3, 0.4) is 0 Å². The van der Waals surface area contributed by atoms with Gasteiger partial charge in [0.15, 0.2) is 0 Å². The largest absolute Gasteiger partial charge is 0.459 e. The Bertz CT molecular complexity index is 858. The number of H-pyrrole nitrogens is 2. The quantitative estimate of drug-likeness (QED) is 0.703. The summed E-state index contributed by atoms with van der Waals surface area (Å²) in [7, 11) is 0. The number of hydrogen-bond acceptors (Lipinski definition) is 3. The molecule has 0 unspecified atom stereocenters. The van der Waals surface area contributed by atoms with Crippen molar-refractivity contribution in [3.05, 3.63) is 46.4 Å². The molecule has 0 spiro atoms. The number of benzene rings is 1. The van der Waals surface area contributed by atoms with Gasteiger partial charge >= 0.3 is 5.97 Å². The lowest BCUT2D eigenvalue weighted by atomic mass is 10.1. The first-order valence-electron chi connectivity index (χ1n) is 6.41. The van der Waals surface area contributed by atoms with Gasteiger partial charge in [0.1, 0.15) is 5.52 Å². The van der Waals surface area contributed by atoms with Crippen LogP contribution in [0.25, 0.3) is 21.8 Å². The van der Waals surface area contributed by atoms with Crippen molar-refractivity contribution in [3.63, 3.8) is 0 Å². The van der Waals surface area contributed by atoms with E-state index in [2.05, 4.69) is 9.97 Å². The van der Waals surface area contributed by atoms with Crippen LogP contribution in [0.1, 0.15) is 24.2 Å². The molecule has 5 heteroatoms. The number of aromatic amines is 2.